The third-order valence-electron chi connectivity index (χ3n) is 3.55. The topological polar surface area (TPSA) is 18.8 Å². The molecule has 1 fully saturated rings. The van der Waals surface area contributed by atoms with Crippen molar-refractivity contribution < 1.29 is 0 Å². The molecule has 4 heteroatoms. The summed E-state index contributed by atoms with van der Waals surface area (Å²) >= 11 is 4.46. The van der Waals surface area contributed by atoms with Crippen LogP contribution in [0.15, 0.2) is 29.3 Å². The maximum Gasteiger partial charge on any atom is 0.197 e. The molecule has 0 saturated carbocycles. The van der Waals surface area contributed by atoms with E-state index in [-0.39, 0.29) is 0 Å². The van der Waals surface area contributed by atoms with Crippen LogP contribution in [0.4, 0.5) is 0 Å². The molecule has 0 radical (unpaired) electrons. The lowest BCUT2D eigenvalue weighted by molar-refractivity contribution is 0.265. The Morgan fingerprint density at radius 2 is 2.00 bits per heavy atom. The summed E-state index contributed by atoms with van der Waals surface area (Å²) in [6.07, 6.45) is 0. The molecule has 2 heterocycles. The van der Waals surface area contributed by atoms with Crippen molar-refractivity contribution in [1.82, 2.24) is 9.80 Å². The van der Waals surface area contributed by atoms with Crippen molar-refractivity contribution in [1.29, 1.82) is 0 Å². The fourth-order valence-electron chi connectivity index (χ4n) is 2.45. The normalized spacial score (nSPS) is 20.0. The van der Waals surface area contributed by atoms with Crippen LogP contribution >= 0.6 is 12.6 Å². The van der Waals surface area contributed by atoms with Crippen LogP contribution in [0.25, 0.3) is 0 Å². The van der Waals surface area contributed by atoms with E-state index >= 15 is 0 Å². The molecule has 1 aromatic carbocycles. The quantitative estimate of drug-likeness (QED) is 0.818. The van der Waals surface area contributed by atoms with Crippen LogP contribution in [-0.4, -0.2) is 47.2 Å². The molecule has 0 bridgehead atoms. The molecule has 96 valence electrons. The molecule has 0 unspecified atom stereocenters. The van der Waals surface area contributed by atoms with Crippen LogP contribution in [0.5, 0.6) is 0 Å². The average Bonchev–Trinajstić information content (AvgIpc) is 2.76. The van der Waals surface area contributed by atoms with Gasteiger partial charge in [0.2, 0.25) is 0 Å². The Balaban J connectivity index is 1.65. The Morgan fingerprint density at radius 1 is 1.28 bits per heavy atom. The van der Waals surface area contributed by atoms with Gasteiger partial charge < -0.3 is 9.80 Å². The zero-order valence-electron chi connectivity index (χ0n) is 10.7. The van der Waals surface area contributed by atoms with Crippen molar-refractivity contribution in [3.63, 3.8) is 0 Å². The largest absolute Gasteiger partial charge is 0.340 e. The van der Waals surface area contributed by atoms with Gasteiger partial charge in [0.1, 0.15) is 0 Å². The second-order valence-electron chi connectivity index (χ2n) is 5.15. The average molecular weight is 261 g/mol. The summed E-state index contributed by atoms with van der Waals surface area (Å²) in [5, 5.41) is 0.523. The Kier molecular flexibility index (Phi) is 3.20. The van der Waals surface area contributed by atoms with Gasteiger partial charge in [0.05, 0.1) is 6.54 Å². The monoisotopic (exact) mass is 261 g/mol. The first kappa shape index (κ1) is 11.9. The maximum absolute atomic E-state index is 4.62. The number of rotatable bonds is 2. The molecule has 0 amide bonds. The van der Waals surface area contributed by atoms with E-state index in [2.05, 4.69) is 58.6 Å². The third-order valence-corrected chi connectivity index (χ3v) is 3.87. The third kappa shape index (κ3) is 2.34. The Morgan fingerprint density at radius 3 is 2.67 bits per heavy atom. The number of hydrogen-bond acceptors (Lipinski definition) is 4. The SMILES string of the molecule is Cc1ccc(CN2CCN=C2N2CC(S)C2)cc1. The van der Waals surface area contributed by atoms with E-state index in [4.69, 9.17) is 0 Å². The van der Waals surface area contributed by atoms with Crippen LogP contribution in [0, 0.1) is 6.92 Å². The second-order valence-corrected chi connectivity index (χ2v) is 5.88. The van der Waals surface area contributed by atoms with Crippen molar-refractivity contribution >= 4 is 18.6 Å². The molecular formula is C14H19N3S. The lowest BCUT2D eigenvalue weighted by Crippen LogP contribution is -2.55. The minimum atomic E-state index is 0.523. The molecule has 0 atom stereocenters. The number of hydrogen-bond donors (Lipinski definition) is 1. The standard InChI is InChI=1S/C14H19N3S/c1-11-2-4-12(5-3-11)8-16-7-6-15-14(16)17-9-13(18)10-17/h2-5,13,18H,6-10H2,1H3. The highest BCUT2D eigenvalue weighted by Crippen LogP contribution is 2.19. The van der Waals surface area contributed by atoms with Gasteiger partial charge in [-0.15, -0.1) is 0 Å². The highest BCUT2D eigenvalue weighted by atomic mass is 32.1. The van der Waals surface area contributed by atoms with Crippen molar-refractivity contribution in [3.05, 3.63) is 35.4 Å². The van der Waals surface area contributed by atoms with Gasteiger partial charge in [-0.3, -0.25) is 4.99 Å². The molecule has 1 aromatic rings. The minimum Gasteiger partial charge on any atom is -0.340 e. The fraction of sp³-hybridized carbons (Fsp3) is 0.500. The molecule has 3 rings (SSSR count). The van der Waals surface area contributed by atoms with Gasteiger partial charge in [0.15, 0.2) is 5.96 Å². The molecule has 2 aliphatic rings. The van der Waals surface area contributed by atoms with Crippen LogP contribution in [0.1, 0.15) is 11.1 Å². The Labute approximate surface area is 114 Å². The van der Waals surface area contributed by atoms with Gasteiger partial charge in [-0.2, -0.15) is 12.6 Å². The molecule has 0 spiro atoms. The highest BCUT2D eigenvalue weighted by Gasteiger charge is 2.31. The Hall–Kier alpha value is -1.16. The molecule has 0 N–H and O–H groups in total. The van der Waals surface area contributed by atoms with Gasteiger partial charge in [-0.05, 0) is 12.5 Å². The van der Waals surface area contributed by atoms with E-state index in [0.29, 0.717) is 5.25 Å². The van der Waals surface area contributed by atoms with Crippen LogP contribution < -0.4 is 0 Å². The second kappa shape index (κ2) is 4.84. The number of guanidine groups is 1. The van der Waals surface area contributed by atoms with E-state index in [0.717, 1.165) is 32.7 Å². The van der Waals surface area contributed by atoms with Gasteiger partial charge in [-0.25, -0.2) is 0 Å². The number of nitrogens with zero attached hydrogens (tertiary/aromatic N) is 3. The van der Waals surface area contributed by atoms with Crippen LogP contribution in [0.2, 0.25) is 0 Å². The highest BCUT2D eigenvalue weighted by molar-refractivity contribution is 7.81. The lowest BCUT2D eigenvalue weighted by atomic mass is 10.1. The molecule has 18 heavy (non-hydrogen) atoms. The summed E-state index contributed by atoms with van der Waals surface area (Å²) < 4.78 is 0. The van der Waals surface area contributed by atoms with E-state index in [1.54, 1.807) is 0 Å². The number of aryl methyl sites for hydroxylation is 1. The minimum absolute atomic E-state index is 0.523. The number of likely N-dealkylation sites (tertiary alicyclic amines) is 1. The summed E-state index contributed by atoms with van der Waals surface area (Å²) in [5.74, 6) is 1.17. The molecule has 2 aliphatic heterocycles. The smallest absolute Gasteiger partial charge is 0.197 e. The summed E-state index contributed by atoms with van der Waals surface area (Å²) in [4.78, 5) is 9.33. The summed E-state index contributed by atoms with van der Waals surface area (Å²) in [6.45, 7) is 7.12. The van der Waals surface area contributed by atoms with Gasteiger partial charge >= 0.3 is 0 Å². The number of thiol groups is 1. The zero-order chi connectivity index (χ0) is 12.5. The first-order valence-corrected chi connectivity index (χ1v) is 7.02. The van der Waals surface area contributed by atoms with Crippen molar-refractivity contribution in [2.24, 2.45) is 4.99 Å². The lowest BCUT2D eigenvalue weighted by Gasteiger charge is -2.41. The zero-order valence-corrected chi connectivity index (χ0v) is 11.6. The van der Waals surface area contributed by atoms with Crippen molar-refractivity contribution in [3.8, 4) is 0 Å². The van der Waals surface area contributed by atoms with Crippen LogP contribution in [-0.2, 0) is 6.54 Å². The van der Waals surface area contributed by atoms with E-state index < -0.39 is 0 Å². The molecule has 0 aromatic heterocycles. The first-order valence-electron chi connectivity index (χ1n) is 6.50. The maximum atomic E-state index is 4.62. The summed E-state index contributed by atoms with van der Waals surface area (Å²) in [6, 6.07) is 8.77. The van der Waals surface area contributed by atoms with Gasteiger partial charge in [0, 0.05) is 31.4 Å². The predicted molar refractivity (Wildman–Crippen MR) is 78.2 cm³/mol. The van der Waals surface area contributed by atoms with Gasteiger partial charge in [-0.1, -0.05) is 29.8 Å². The van der Waals surface area contributed by atoms with E-state index in [1.165, 1.54) is 17.1 Å². The van der Waals surface area contributed by atoms with Gasteiger partial charge in [0.25, 0.3) is 0 Å². The predicted octanol–water partition coefficient (Wildman–Crippen LogP) is 1.78. The molecule has 1 saturated heterocycles. The Bertz CT molecular complexity index is 449. The van der Waals surface area contributed by atoms with E-state index in [1.807, 2.05) is 0 Å². The van der Waals surface area contributed by atoms with Crippen molar-refractivity contribution in [2.45, 2.75) is 18.7 Å². The number of aliphatic imine (C=N–C) groups is 1. The van der Waals surface area contributed by atoms with E-state index in [9.17, 15) is 0 Å². The summed E-state index contributed by atoms with van der Waals surface area (Å²) in [7, 11) is 0. The number of benzene rings is 1. The first-order chi connectivity index (χ1) is 8.72. The molecule has 0 aliphatic carbocycles. The molecule has 3 nitrogen and oxygen atoms in total. The van der Waals surface area contributed by atoms with Crippen LogP contribution in [0.3, 0.4) is 0 Å². The molecular weight excluding hydrogens is 242 g/mol. The summed E-state index contributed by atoms with van der Waals surface area (Å²) in [5.41, 5.74) is 2.67. The van der Waals surface area contributed by atoms with Crippen molar-refractivity contribution in [2.75, 3.05) is 26.2 Å². The fourth-order valence-corrected chi connectivity index (χ4v) is 2.85.